The van der Waals surface area contributed by atoms with Crippen molar-refractivity contribution < 1.29 is 31.5 Å². The molecule has 228 valence electrons. The molecule has 4 aromatic rings. The van der Waals surface area contributed by atoms with E-state index in [1.54, 1.807) is 36.4 Å². The van der Waals surface area contributed by atoms with Gasteiger partial charge in [0, 0.05) is 17.7 Å². The van der Waals surface area contributed by atoms with E-state index >= 15 is 0 Å². The first-order valence-electron chi connectivity index (χ1n) is 14.4. The largest absolute Gasteiger partial charge is 0.396 e. The number of aromatic nitrogens is 2. The molecule has 0 saturated heterocycles. The number of hydrogen-bond acceptors (Lipinski definition) is 9. The second kappa shape index (κ2) is 12.9. The van der Waals surface area contributed by atoms with Gasteiger partial charge < -0.3 is 5.11 Å². The van der Waals surface area contributed by atoms with E-state index in [4.69, 9.17) is 5.11 Å². The fraction of sp³-hybridized carbons (Fsp3) is 0.273. The molecule has 1 aliphatic rings. The third kappa shape index (κ3) is 6.54. The summed E-state index contributed by atoms with van der Waals surface area (Å²) in [5, 5.41) is 9.08. The van der Waals surface area contributed by atoms with E-state index < -0.39 is 42.7 Å². The Morgan fingerprint density at radius 1 is 0.614 bits per heavy atom. The lowest BCUT2D eigenvalue weighted by atomic mass is 9.89. The van der Waals surface area contributed by atoms with Crippen molar-refractivity contribution >= 4 is 31.2 Å². The number of rotatable bonds is 12. The lowest BCUT2D eigenvalue weighted by Crippen LogP contribution is -2.27. The number of ketones is 2. The summed E-state index contributed by atoms with van der Waals surface area (Å²) in [4.78, 5) is 35.4. The van der Waals surface area contributed by atoms with Gasteiger partial charge in [-0.1, -0.05) is 61.9 Å². The normalized spacial score (nSPS) is 13.0. The third-order valence-electron chi connectivity index (χ3n) is 7.56. The quantitative estimate of drug-likeness (QED) is 0.210. The highest BCUT2D eigenvalue weighted by Crippen LogP contribution is 2.29. The van der Waals surface area contributed by atoms with Gasteiger partial charge in [0.2, 0.25) is 11.6 Å². The smallest absolute Gasteiger partial charge is 0.214 e. The van der Waals surface area contributed by atoms with Crippen LogP contribution in [-0.2, 0) is 44.0 Å². The number of sulfone groups is 2. The zero-order chi connectivity index (χ0) is 31.5. The molecule has 0 saturated carbocycles. The standard InChI is InChI=1S/C33H32N2O7S2/c1-2-3-7-22-11-15-24(16-12-22)43(39,40)20-28-29(21-44(41,42)25-17-13-23(14-18-25)8-6-19-36)35-31-30(34-28)32(37)26-9-4-5-10-27(26)33(31)38/h4-5,9-18,36H,2-3,6-8,19-21H2,1H3. The Morgan fingerprint density at radius 2 is 1.02 bits per heavy atom. The van der Waals surface area contributed by atoms with Gasteiger partial charge in [0.15, 0.2) is 19.7 Å². The minimum atomic E-state index is -4.07. The number of unbranched alkanes of at least 4 members (excludes halogenated alkanes) is 1. The lowest BCUT2D eigenvalue weighted by Gasteiger charge is -2.19. The number of nitrogens with zero attached hydrogens (tertiary/aromatic N) is 2. The molecule has 0 radical (unpaired) electrons. The summed E-state index contributed by atoms with van der Waals surface area (Å²) in [5.41, 5.74) is 1.06. The average Bonchev–Trinajstić information content (AvgIpc) is 3.02. The Bertz CT molecular complexity index is 1790. The Balaban J connectivity index is 1.55. The molecule has 1 aliphatic carbocycles. The molecular formula is C33H32N2O7S2. The number of hydrogen-bond donors (Lipinski definition) is 1. The first-order chi connectivity index (χ1) is 21.0. The Hall–Kier alpha value is -4.06. The van der Waals surface area contributed by atoms with Gasteiger partial charge in [0.25, 0.3) is 0 Å². The van der Waals surface area contributed by atoms with Crippen LogP contribution in [0, 0.1) is 0 Å². The van der Waals surface area contributed by atoms with Crippen LogP contribution in [0.25, 0.3) is 0 Å². The highest BCUT2D eigenvalue weighted by atomic mass is 32.2. The van der Waals surface area contributed by atoms with E-state index in [9.17, 15) is 26.4 Å². The van der Waals surface area contributed by atoms with Crippen LogP contribution in [0.3, 0.4) is 0 Å². The van der Waals surface area contributed by atoms with E-state index in [1.165, 1.54) is 36.4 Å². The summed E-state index contributed by atoms with van der Waals surface area (Å²) in [5.74, 6) is -2.62. The maximum Gasteiger partial charge on any atom is 0.214 e. The van der Waals surface area contributed by atoms with E-state index in [0.717, 1.165) is 30.4 Å². The lowest BCUT2D eigenvalue weighted by molar-refractivity contribution is 0.0971. The van der Waals surface area contributed by atoms with Crippen molar-refractivity contribution in [3.05, 3.63) is 118 Å². The molecule has 0 aliphatic heterocycles. The SMILES string of the molecule is CCCCc1ccc(S(=O)(=O)Cc2nc3c(nc2CS(=O)(=O)c2ccc(CCCO)cc2)C(=O)c2ccccc2C3=O)cc1. The van der Waals surface area contributed by atoms with Crippen molar-refractivity contribution in [2.24, 2.45) is 0 Å². The summed E-state index contributed by atoms with van der Waals surface area (Å²) in [7, 11) is -8.11. The molecule has 1 heterocycles. The first-order valence-corrected chi connectivity index (χ1v) is 17.7. The molecule has 9 nitrogen and oxygen atoms in total. The molecule has 1 aromatic heterocycles. The summed E-state index contributed by atoms with van der Waals surface area (Å²) in [6.45, 7) is 2.08. The Labute approximate surface area is 256 Å². The maximum atomic E-state index is 13.6. The minimum absolute atomic E-state index is 0.0113. The number of carbonyl (C=O) groups excluding carboxylic acids is 2. The van der Waals surface area contributed by atoms with Crippen molar-refractivity contribution in [2.45, 2.75) is 60.3 Å². The number of aryl methyl sites for hydroxylation is 2. The van der Waals surface area contributed by atoms with Crippen LogP contribution in [-0.4, -0.2) is 50.1 Å². The zero-order valence-electron chi connectivity index (χ0n) is 24.2. The van der Waals surface area contributed by atoms with Crippen molar-refractivity contribution in [1.82, 2.24) is 9.97 Å². The molecule has 0 amide bonds. The van der Waals surface area contributed by atoms with E-state index in [2.05, 4.69) is 16.9 Å². The van der Waals surface area contributed by atoms with Crippen molar-refractivity contribution in [3.8, 4) is 0 Å². The number of aliphatic hydroxyl groups excluding tert-OH is 1. The second-order valence-corrected chi connectivity index (χ2v) is 14.7. The molecule has 1 N–H and O–H groups in total. The molecule has 0 atom stereocenters. The highest BCUT2D eigenvalue weighted by molar-refractivity contribution is 7.91. The van der Waals surface area contributed by atoms with Crippen LogP contribution in [0.5, 0.6) is 0 Å². The predicted octanol–water partition coefficient (Wildman–Crippen LogP) is 4.47. The molecule has 0 fully saturated rings. The van der Waals surface area contributed by atoms with E-state index in [1.807, 2.05) is 0 Å². The summed E-state index contributed by atoms with van der Waals surface area (Å²) >= 11 is 0. The van der Waals surface area contributed by atoms with Crippen molar-refractivity contribution in [2.75, 3.05) is 6.61 Å². The Kier molecular flexibility index (Phi) is 9.19. The van der Waals surface area contributed by atoms with E-state index in [-0.39, 0.29) is 50.3 Å². The van der Waals surface area contributed by atoms with Gasteiger partial charge in [-0.15, -0.1) is 0 Å². The molecule has 0 unspecified atom stereocenters. The maximum absolute atomic E-state index is 13.6. The second-order valence-electron chi connectivity index (χ2n) is 10.8. The fourth-order valence-electron chi connectivity index (χ4n) is 5.10. The van der Waals surface area contributed by atoms with Gasteiger partial charge in [0.1, 0.15) is 11.4 Å². The van der Waals surface area contributed by atoms with Crippen LogP contribution in [0.1, 0.15) is 80.8 Å². The number of fused-ring (bicyclic) bond motifs is 2. The predicted molar refractivity (Wildman–Crippen MR) is 164 cm³/mol. The van der Waals surface area contributed by atoms with Crippen molar-refractivity contribution in [3.63, 3.8) is 0 Å². The summed E-state index contributed by atoms with van der Waals surface area (Å²) in [6, 6.07) is 18.9. The topological polar surface area (TPSA) is 148 Å². The van der Waals surface area contributed by atoms with Crippen LogP contribution >= 0.6 is 0 Å². The minimum Gasteiger partial charge on any atom is -0.396 e. The van der Waals surface area contributed by atoms with E-state index in [0.29, 0.717) is 12.8 Å². The average molecular weight is 633 g/mol. The van der Waals surface area contributed by atoms with Crippen molar-refractivity contribution in [1.29, 1.82) is 0 Å². The molecule has 11 heteroatoms. The fourth-order valence-corrected chi connectivity index (χ4v) is 7.72. The first kappa shape index (κ1) is 31.4. The van der Waals surface area contributed by atoms with Gasteiger partial charge in [0.05, 0.1) is 32.7 Å². The Morgan fingerprint density at radius 3 is 1.41 bits per heavy atom. The number of aliphatic hydroxyl groups is 1. The van der Waals surface area contributed by atoms with Gasteiger partial charge in [-0.3, -0.25) is 9.59 Å². The molecule has 0 bridgehead atoms. The highest BCUT2D eigenvalue weighted by Gasteiger charge is 2.35. The van der Waals surface area contributed by atoms with Crippen LogP contribution in [0.2, 0.25) is 0 Å². The van der Waals surface area contributed by atoms with Gasteiger partial charge in [-0.25, -0.2) is 26.8 Å². The molecule has 5 rings (SSSR count). The third-order valence-corrected chi connectivity index (χ3v) is 10.8. The number of benzene rings is 3. The van der Waals surface area contributed by atoms with Crippen LogP contribution in [0.4, 0.5) is 0 Å². The summed E-state index contributed by atoms with van der Waals surface area (Å²) in [6.07, 6.45) is 3.89. The van der Waals surface area contributed by atoms with Crippen LogP contribution < -0.4 is 0 Å². The van der Waals surface area contributed by atoms with Gasteiger partial charge in [-0.2, -0.15) is 0 Å². The molecule has 44 heavy (non-hydrogen) atoms. The molecular weight excluding hydrogens is 601 g/mol. The zero-order valence-corrected chi connectivity index (χ0v) is 25.8. The molecule has 0 spiro atoms. The monoisotopic (exact) mass is 632 g/mol. The number of carbonyl (C=O) groups is 2. The van der Waals surface area contributed by atoms with Gasteiger partial charge >= 0.3 is 0 Å². The molecule has 3 aromatic carbocycles. The summed E-state index contributed by atoms with van der Waals surface area (Å²) < 4.78 is 54.2. The van der Waals surface area contributed by atoms with Crippen LogP contribution in [0.15, 0.2) is 82.6 Å². The van der Waals surface area contributed by atoms with Gasteiger partial charge in [-0.05, 0) is 61.1 Å².